The van der Waals surface area contributed by atoms with Gasteiger partial charge in [0.2, 0.25) is 11.9 Å². The Labute approximate surface area is 138 Å². The number of benzene rings is 1. The first-order valence-corrected chi connectivity index (χ1v) is 7.60. The lowest BCUT2D eigenvalue weighted by Gasteiger charge is -2.27. The Morgan fingerprint density at radius 3 is 2.61 bits per heavy atom. The SMILES string of the molecule is ONc1nc(NCc2ccccc2Cl)nc(N2CCOCC2)n1. The smallest absolute Gasteiger partial charge is 0.253 e. The van der Waals surface area contributed by atoms with Crippen molar-refractivity contribution in [2.24, 2.45) is 0 Å². The lowest BCUT2D eigenvalue weighted by atomic mass is 10.2. The maximum atomic E-state index is 9.12. The quantitative estimate of drug-likeness (QED) is 0.711. The molecule has 0 unspecified atom stereocenters. The zero-order valence-corrected chi connectivity index (χ0v) is 13.1. The number of anilines is 3. The fraction of sp³-hybridized carbons (Fsp3) is 0.357. The van der Waals surface area contributed by atoms with Crippen LogP contribution in [-0.4, -0.2) is 46.5 Å². The van der Waals surface area contributed by atoms with Gasteiger partial charge in [-0.15, -0.1) is 0 Å². The maximum absolute atomic E-state index is 9.12. The molecule has 8 nitrogen and oxygen atoms in total. The molecule has 2 heterocycles. The number of ether oxygens (including phenoxy) is 1. The summed E-state index contributed by atoms with van der Waals surface area (Å²) in [5.41, 5.74) is 2.90. The summed E-state index contributed by atoms with van der Waals surface area (Å²) in [7, 11) is 0. The molecule has 0 amide bonds. The van der Waals surface area contributed by atoms with Crippen LogP contribution in [0.5, 0.6) is 0 Å². The Bertz CT molecular complexity index is 665. The van der Waals surface area contributed by atoms with E-state index in [1.165, 1.54) is 0 Å². The molecule has 3 N–H and O–H groups in total. The molecule has 1 aromatic carbocycles. The van der Waals surface area contributed by atoms with Crippen LogP contribution in [0.25, 0.3) is 0 Å². The van der Waals surface area contributed by atoms with Crippen molar-refractivity contribution < 1.29 is 9.94 Å². The number of hydrogen-bond donors (Lipinski definition) is 3. The first-order valence-electron chi connectivity index (χ1n) is 7.22. The summed E-state index contributed by atoms with van der Waals surface area (Å²) < 4.78 is 5.32. The van der Waals surface area contributed by atoms with Crippen LogP contribution in [0.2, 0.25) is 5.02 Å². The zero-order valence-electron chi connectivity index (χ0n) is 12.4. The van der Waals surface area contributed by atoms with Gasteiger partial charge in [0.15, 0.2) is 0 Å². The van der Waals surface area contributed by atoms with E-state index in [0.717, 1.165) is 5.56 Å². The molecule has 23 heavy (non-hydrogen) atoms. The standard InChI is InChI=1S/C14H17ClN6O2/c15-11-4-2-1-3-10(11)9-16-12-17-13(20-22)19-14(18-12)21-5-7-23-8-6-21/h1-4,22H,5-9H2,(H2,16,17,18,19,20). The van der Waals surface area contributed by atoms with Crippen molar-refractivity contribution in [2.75, 3.05) is 42.0 Å². The van der Waals surface area contributed by atoms with Crippen molar-refractivity contribution in [3.63, 3.8) is 0 Å². The summed E-state index contributed by atoms with van der Waals surface area (Å²) in [6.07, 6.45) is 0. The molecule has 0 atom stereocenters. The highest BCUT2D eigenvalue weighted by atomic mass is 35.5. The molecule has 0 spiro atoms. The van der Waals surface area contributed by atoms with E-state index in [1.807, 2.05) is 34.6 Å². The lowest BCUT2D eigenvalue weighted by Crippen LogP contribution is -2.37. The Morgan fingerprint density at radius 1 is 1.13 bits per heavy atom. The molecular weight excluding hydrogens is 320 g/mol. The van der Waals surface area contributed by atoms with Gasteiger partial charge >= 0.3 is 0 Å². The number of nitrogens with one attached hydrogen (secondary N) is 2. The Morgan fingerprint density at radius 2 is 1.87 bits per heavy atom. The highest BCUT2D eigenvalue weighted by molar-refractivity contribution is 6.31. The Hall–Kier alpha value is -2.16. The summed E-state index contributed by atoms with van der Waals surface area (Å²) >= 11 is 6.13. The molecule has 1 fully saturated rings. The fourth-order valence-electron chi connectivity index (χ4n) is 2.21. The van der Waals surface area contributed by atoms with Crippen molar-refractivity contribution in [2.45, 2.75) is 6.54 Å². The third kappa shape index (κ3) is 3.98. The molecule has 1 aliphatic heterocycles. The summed E-state index contributed by atoms with van der Waals surface area (Å²) in [6.45, 7) is 3.10. The second-order valence-electron chi connectivity index (χ2n) is 4.94. The minimum atomic E-state index is 0.0863. The van der Waals surface area contributed by atoms with Crippen LogP contribution in [0.15, 0.2) is 24.3 Å². The van der Waals surface area contributed by atoms with Crippen molar-refractivity contribution >= 4 is 29.4 Å². The third-order valence-electron chi connectivity index (χ3n) is 3.41. The second-order valence-corrected chi connectivity index (χ2v) is 5.35. The lowest BCUT2D eigenvalue weighted by molar-refractivity contribution is 0.122. The van der Waals surface area contributed by atoms with E-state index in [9.17, 15) is 0 Å². The molecule has 1 aliphatic rings. The summed E-state index contributed by atoms with van der Waals surface area (Å²) in [5.74, 6) is 0.933. The topological polar surface area (TPSA) is 95.4 Å². The molecule has 1 saturated heterocycles. The first-order chi connectivity index (χ1) is 11.3. The van der Waals surface area contributed by atoms with E-state index in [4.69, 9.17) is 21.5 Å². The number of nitrogens with zero attached hydrogens (tertiary/aromatic N) is 4. The van der Waals surface area contributed by atoms with E-state index < -0.39 is 0 Å². The highest BCUT2D eigenvalue weighted by Gasteiger charge is 2.16. The fourth-order valence-corrected chi connectivity index (χ4v) is 2.42. The van der Waals surface area contributed by atoms with Crippen molar-refractivity contribution in [3.05, 3.63) is 34.9 Å². The van der Waals surface area contributed by atoms with Crippen LogP contribution in [0.4, 0.5) is 17.8 Å². The van der Waals surface area contributed by atoms with Crippen LogP contribution in [0.1, 0.15) is 5.56 Å². The molecule has 3 rings (SSSR count). The number of hydrogen-bond acceptors (Lipinski definition) is 8. The molecular formula is C14H17ClN6O2. The van der Waals surface area contributed by atoms with Crippen molar-refractivity contribution in [3.8, 4) is 0 Å². The number of halogens is 1. The van der Waals surface area contributed by atoms with E-state index in [0.29, 0.717) is 49.8 Å². The summed E-state index contributed by atoms with van der Waals surface area (Å²) in [5, 5.41) is 12.9. The minimum absolute atomic E-state index is 0.0863. The second kappa shape index (κ2) is 7.40. The van der Waals surface area contributed by atoms with Gasteiger partial charge in [-0.1, -0.05) is 29.8 Å². The average Bonchev–Trinajstić information content (AvgIpc) is 2.61. The predicted molar refractivity (Wildman–Crippen MR) is 87.0 cm³/mol. The minimum Gasteiger partial charge on any atom is -0.378 e. The van der Waals surface area contributed by atoms with Gasteiger partial charge in [-0.05, 0) is 11.6 Å². The Kier molecular flexibility index (Phi) is 5.06. The molecule has 122 valence electrons. The summed E-state index contributed by atoms with van der Waals surface area (Å²) in [4.78, 5) is 14.6. The van der Waals surface area contributed by atoms with Crippen molar-refractivity contribution in [1.82, 2.24) is 15.0 Å². The molecule has 0 bridgehead atoms. The molecule has 1 aromatic heterocycles. The van der Waals surface area contributed by atoms with Crippen LogP contribution in [0.3, 0.4) is 0 Å². The molecule has 0 aliphatic carbocycles. The van der Waals surface area contributed by atoms with Gasteiger partial charge in [0.25, 0.3) is 5.95 Å². The number of rotatable bonds is 5. The molecule has 9 heteroatoms. The van der Waals surface area contributed by atoms with E-state index in [-0.39, 0.29) is 5.95 Å². The molecule has 0 radical (unpaired) electrons. The van der Waals surface area contributed by atoms with Crippen LogP contribution < -0.4 is 15.7 Å². The van der Waals surface area contributed by atoms with Crippen LogP contribution >= 0.6 is 11.6 Å². The average molecular weight is 337 g/mol. The van der Waals surface area contributed by atoms with Gasteiger partial charge in [0.1, 0.15) is 0 Å². The van der Waals surface area contributed by atoms with E-state index in [2.05, 4.69) is 20.3 Å². The largest absolute Gasteiger partial charge is 0.378 e. The van der Waals surface area contributed by atoms with Gasteiger partial charge < -0.3 is 15.0 Å². The van der Waals surface area contributed by atoms with E-state index >= 15 is 0 Å². The third-order valence-corrected chi connectivity index (χ3v) is 3.78. The van der Waals surface area contributed by atoms with Crippen LogP contribution in [0, 0.1) is 0 Å². The van der Waals surface area contributed by atoms with Gasteiger partial charge in [0, 0.05) is 24.7 Å². The normalized spacial score (nSPS) is 14.6. The van der Waals surface area contributed by atoms with Gasteiger partial charge in [-0.25, -0.2) is 5.48 Å². The number of morpholine rings is 1. The van der Waals surface area contributed by atoms with Gasteiger partial charge in [0.05, 0.1) is 13.2 Å². The molecule has 0 saturated carbocycles. The monoisotopic (exact) mass is 336 g/mol. The Balaban J connectivity index is 1.77. The van der Waals surface area contributed by atoms with Gasteiger partial charge in [-0.2, -0.15) is 15.0 Å². The number of aromatic nitrogens is 3. The zero-order chi connectivity index (χ0) is 16.1. The maximum Gasteiger partial charge on any atom is 0.253 e. The highest BCUT2D eigenvalue weighted by Crippen LogP contribution is 2.18. The van der Waals surface area contributed by atoms with E-state index in [1.54, 1.807) is 0 Å². The first kappa shape index (κ1) is 15.7. The summed E-state index contributed by atoms with van der Waals surface area (Å²) in [6, 6.07) is 7.53. The predicted octanol–water partition coefficient (Wildman–Crippen LogP) is 1.77. The van der Waals surface area contributed by atoms with Crippen LogP contribution in [-0.2, 0) is 11.3 Å². The van der Waals surface area contributed by atoms with Gasteiger partial charge in [-0.3, -0.25) is 5.21 Å². The van der Waals surface area contributed by atoms with Crippen molar-refractivity contribution in [1.29, 1.82) is 0 Å². The molecule has 2 aromatic rings.